The molecule has 1 aliphatic heterocycles. The number of carbonyl (C=O) groups excluding carboxylic acids is 1. The van der Waals surface area contributed by atoms with Crippen molar-refractivity contribution in [3.05, 3.63) is 42.2 Å². The van der Waals surface area contributed by atoms with Crippen molar-refractivity contribution in [2.45, 2.75) is 67.8 Å². The number of amides is 1. The Hall–Kier alpha value is -2.08. The monoisotopic (exact) mass is 410 g/mol. The maximum Gasteiger partial charge on any atom is 0.223 e. The standard InChI is InChI=1S/C23H30N4OS/c1-17-6-5-9-20(16-17)29-23-21(24-12-13-25-23)27-14-10-18(11-15-27)22(28)26-19-7-3-2-4-8-19/h5-6,9,12-13,16,18-19H,2-4,7-8,10-11,14-15H2,1H3,(H,26,28). The van der Waals surface area contributed by atoms with Gasteiger partial charge in [0.1, 0.15) is 5.03 Å². The van der Waals surface area contributed by atoms with Gasteiger partial charge in [0.25, 0.3) is 0 Å². The van der Waals surface area contributed by atoms with Crippen LogP contribution in [0.2, 0.25) is 0 Å². The summed E-state index contributed by atoms with van der Waals surface area (Å²) in [6.45, 7) is 3.80. The zero-order valence-electron chi connectivity index (χ0n) is 17.1. The van der Waals surface area contributed by atoms with Crippen molar-refractivity contribution >= 4 is 23.5 Å². The number of hydrogen-bond donors (Lipinski definition) is 1. The fourth-order valence-corrected chi connectivity index (χ4v) is 5.32. The number of nitrogens with zero attached hydrogens (tertiary/aromatic N) is 3. The molecule has 2 heterocycles. The Kier molecular flexibility index (Phi) is 6.70. The molecule has 2 aromatic rings. The topological polar surface area (TPSA) is 58.1 Å². The van der Waals surface area contributed by atoms with Crippen molar-refractivity contribution in [1.82, 2.24) is 15.3 Å². The molecular weight excluding hydrogens is 380 g/mol. The second-order valence-corrected chi connectivity index (χ2v) is 9.27. The first-order valence-electron chi connectivity index (χ1n) is 10.8. The normalized spacial score (nSPS) is 18.6. The highest BCUT2D eigenvalue weighted by molar-refractivity contribution is 7.99. The van der Waals surface area contributed by atoms with Gasteiger partial charge in [0.15, 0.2) is 5.82 Å². The zero-order chi connectivity index (χ0) is 20.1. The number of anilines is 1. The van der Waals surface area contributed by atoms with Crippen molar-refractivity contribution < 1.29 is 4.79 Å². The second-order valence-electron chi connectivity index (χ2n) is 8.21. The van der Waals surface area contributed by atoms with E-state index in [0.717, 1.165) is 49.6 Å². The second kappa shape index (κ2) is 9.61. The summed E-state index contributed by atoms with van der Waals surface area (Å²) < 4.78 is 0. The van der Waals surface area contributed by atoms with Gasteiger partial charge in [-0.25, -0.2) is 9.97 Å². The van der Waals surface area contributed by atoms with Crippen LogP contribution in [0.4, 0.5) is 5.82 Å². The van der Waals surface area contributed by atoms with Crippen LogP contribution in [0.25, 0.3) is 0 Å². The van der Waals surface area contributed by atoms with E-state index in [9.17, 15) is 4.79 Å². The van der Waals surface area contributed by atoms with Crippen molar-refractivity contribution in [1.29, 1.82) is 0 Å². The number of carbonyl (C=O) groups is 1. The van der Waals surface area contributed by atoms with Gasteiger partial charge in [-0.2, -0.15) is 0 Å². The van der Waals surface area contributed by atoms with E-state index < -0.39 is 0 Å². The molecule has 2 aliphatic rings. The third-order valence-corrected chi connectivity index (χ3v) is 6.94. The first-order valence-corrected chi connectivity index (χ1v) is 11.6. The van der Waals surface area contributed by atoms with Gasteiger partial charge in [-0.3, -0.25) is 4.79 Å². The van der Waals surface area contributed by atoms with Crippen LogP contribution < -0.4 is 10.2 Å². The summed E-state index contributed by atoms with van der Waals surface area (Å²) in [7, 11) is 0. The lowest BCUT2D eigenvalue weighted by Crippen LogP contribution is -2.44. The van der Waals surface area contributed by atoms with Crippen molar-refractivity contribution in [2.75, 3.05) is 18.0 Å². The van der Waals surface area contributed by atoms with E-state index in [1.165, 1.54) is 29.7 Å². The fraction of sp³-hybridized carbons (Fsp3) is 0.522. The minimum Gasteiger partial charge on any atom is -0.354 e. The third kappa shape index (κ3) is 5.30. The number of aryl methyl sites for hydroxylation is 1. The molecule has 1 N–H and O–H groups in total. The summed E-state index contributed by atoms with van der Waals surface area (Å²) in [5, 5.41) is 4.24. The summed E-state index contributed by atoms with van der Waals surface area (Å²) in [4.78, 5) is 25.4. The molecule has 1 amide bonds. The highest BCUT2D eigenvalue weighted by Crippen LogP contribution is 2.34. The lowest BCUT2D eigenvalue weighted by atomic mass is 9.92. The molecule has 0 spiro atoms. The van der Waals surface area contributed by atoms with Crippen LogP contribution in [0.3, 0.4) is 0 Å². The maximum absolute atomic E-state index is 12.7. The number of nitrogens with one attached hydrogen (secondary N) is 1. The molecule has 4 rings (SSSR count). The number of aromatic nitrogens is 2. The average molecular weight is 411 g/mol. The van der Waals surface area contributed by atoms with Crippen LogP contribution >= 0.6 is 11.8 Å². The van der Waals surface area contributed by atoms with Gasteiger partial charge in [-0.1, -0.05) is 48.7 Å². The molecule has 0 radical (unpaired) electrons. The zero-order valence-corrected chi connectivity index (χ0v) is 18.0. The number of hydrogen-bond acceptors (Lipinski definition) is 5. The quantitative estimate of drug-likeness (QED) is 0.780. The molecule has 6 heteroatoms. The Morgan fingerprint density at radius 3 is 2.59 bits per heavy atom. The summed E-state index contributed by atoms with van der Waals surface area (Å²) in [6, 6.07) is 8.85. The Labute approximate surface area is 177 Å². The molecule has 1 aromatic heterocycles. The Morgan fingerprint density at radius 1 is 1.07 bits per heavy atom. The van der Waals surface area contributed by atoms with Crippen LogP contribution in [0, 0.1) is 12.8 Å². The molecule has 154 valence electrons. The van der Waals surface area contributed by atoms with Crippen LogP contribution in [0.15, 0.2) is 46.6 Å². The molecule has 1 saturated heterocycles. The van der Waals surface area contributed by atoms with Crippen LogP contribution in [-0.4, -0.2) is 35.0 Å². The van der Waals surface area contributed by atoms with Gasteiger partial charge < -0.3 is 10.2 Å². The summed E-state index contributed by atoms with van der Waals surface area (Å²) >= 11 is 1.66. The van der Waals surface area contributed by atoms with Gasteiger partial charge in [-0.15, -0.1) is 0 Å². The van der Waals surface area contributed by atoms with Crippen LogP contribution in [-0.2, 0) is 4.79 Å². The number of piperidine rings is 1. The van der Waals surface area contributed by atoms with Crippen molar-refractivity contribution in [2.24, 2.45) is 5.92 Å². The Bertz CT molecular complexity index is 829. The fourth-order valence-electron chi connectivity index (χ4n) is 4.32. The van der Waals surface area contributed by atoms with Crippen LogP contribution in [0.1, 0.15) is 50.5 Å². The minimum atomic E-state index is 0.123. The summed E-state index contributed by atoms with van der Waals surface area (Å²) in [6.07, 6.45) is 11.4. The molecule has 1 aromatic carbocycles. The molecule has 2 fully saturated rings. The van der Waals surface area contributed by atoms with Gasteiger partial charge >= 0.3 is 0 Å². The predicted molar refractivity (Wildman–Crippen MR) is 117 cm³/mol. The maximum atomic E-state index is 12.7. The Balaban J connectivity index is 1.36. The summed E-state index contributed by atoms with van der Waals surface area (Å²) in [5.74, 6) is 1.31. The van der Waals surface area contributed by atoms with Gasteiger partial charge in [0.2, 0.25) is 5.91 Å². The van der Waals surface area contributed by atoms with Gasteiger partial charge in [0, 0.05) is 42.3 Å². The number of benzene rings is 1. The number of rotatable bonds is 5. The van der Waals surface area contributed by atoms with E-state index in [1.807, 2.05) is 0 Å². The lowest BCUT2D eigenvalue weighted by molar-refractivity contribution is -0.126. The predicted octanol–water partition coefficient (Wildman–Crippen LogP) is 4.60. The smallest absolute Gasteiger partial charge is 0.223 e. The highest BCUT2D eigenvalue weighted by Gasteiger charge is 2.28. The van der Waals surface area contributed by atoms with Gasteiger partial charge in [0.05, 0.1) is 0 Å². The first kappa shape index (κ1) is 20.2. The average Bonchev–Trinajstić information content (AvgIpc) is 2.75. The lowest BCUT2D eigenvalue weighted by Gasteiger charge is -2.33. The molecule has 0 atom stereocenters. The van der Waals surface area contributed by atoms with Crippen molar-refractivity contribution in [3.8, 4) is 0 Å². The van der Waals surface area contributed by atoms with E-state index in [-0.39, 0.29) is 11.8 Å². The Morgan fingerprint density at radius 2 is 1.83 bits per heavy atom. The van der Waals surface area contributed by atoms with Crippen molar-refractivity contribution in [3.63, 3.8) is 0 Å². The molecule has 0 unspecified atom stereocenters. The molecule has 1 aliphatic carbocycles. The van der Waals surface area contributed by atoms with E-state index >= 15 is 0 Å². The largest absolute Gasteiger partial charge is 0.354 e. The first-order chi connectivity index (χ1) is 14.2. The van der Waals surface area contributed by atoms with E-state index in [1.54, 1.807) is 24.2 Å². The minimum absolute atomic E-state index is 0.123. The third-order valence-electron chi connectivity index (χ3n) is 5.97. The molecular formula is C23H30N4OS. The van der Waals surface area contributed by atoms with E-state index in [4.69, 9.17) is 0 Å². The summed E-state index contributed by atoms with van der Waals surface area (Å²) in [5.41, 5.74) is 1.24. The SMILES string of the molecule is Cc1cccc(Sc2nccnc2N2CCC(C(=O)NC3CCCCC3)CC2)c1. The molecule has 0 bridgehead atoms. The molecule has 29 heavy (non-hydrogen) atoms. The van der Waals surface area contributed by atoms with Crippen LogP contribution in [0.5, 0.6) is 0 Å². The molecule has 1 saturated carbocycles. The van der Waals surface area contributed by atoms with E-state index in [2.05, 4.69) is 51.4 Å². The molecule has 5 nitrogen and oxygen atoms in total. The van der Waals surface area contributed by atoms with Gasteiger partial charge in [-0.05, 0) is 44.7 Å². The van der Waals surface area contributed by atoms with E-state index in [0.29, 0.717) is 6.04 Å². The highest BCUT2D eigenvalue weighted by atomic mass is 32.2.